The van der Waals surface area contributed by atoms with Crippen molar-refractivity contribution in [3.8, 4) is 11.3 Å². The van der Waals surface area contributed by atoms with Crippen LogP contribution in [-0.4, -0.2) is 28.5 Å². The lowest BCUT2D eigenvalue weighted by Gasteiger charge is -2.17. The summed E-state index contributed by atoms with van der Waals surface area (Å²) < 4.78 is 13.2. The predicted molar refractivity (Wildman–Crippen MR) is 76.9 cm³/mol. The van der Waals surface area contributed by atoms with Crippen LogP contribution >= 0.6 is 0 Å². The van der Waals surface area contributed by atoms with Gasteiger partial charge in [0.1, 0.15) is 5.82 Å². The second-order valence-corrected chi connectivity index (χ2v) is 5.01. The van der Waals surface area contributed by atoms with E-state index in [2.05, 4.69) is 27.2 Å². The molecule has 20 heavy (non-hydrogen) atoms. The second kappa shape index (κ2) is 5.33. The summed E-state index contributed by atoms with van der Waals surface area (Å²) in [5.74, 6) is -0.237. The number of benzene rings is 1. The summed E-state index contributed by atoms with van der Waals surface area (Å²) in [4.78, 5) is 8.75. The highest BCUT2D eigenvalue weighted by Gasteiger charge is 2.09. The van der Waals surface area contributed by atoms with Crippen LogP contribution < -0.4 is 0 Å². The van der Waals surface area contributed by atoms with Gasteiger partial charge in [-0.2, -0.15) is 0 Å². The number of rotatable bonds is 3. The van der Waals surface area contributed by atoms with Crippen molar-refractivity contribution >= 4 is 0 Å². The number of hydrogen-bond donors (Lipinski definition) is 0. The molecule has 2 aromatic rings. The predicted octanol–water partition coefficient (Wildman–Crippen LogP) is 3.06. The summed E-state index contributed by atoms with van der Waals surface area (Å²) in [6.07, 6.45) is 5.97. The molecule has 102 valence electrons. The molecule has 1 aromatic heterocycles. The molecule has 1 aliphatic heterocycles. The monoisotopic (exact) mass is 269 g/mol. The Morgan fingerprint density at radius 3 is 2.75 bits per heavy atom. The van der Waals surface area contributed by atoms with Crippen LogP contribution in [-0.2, 0) is 6.54 Å². The fourth-order valence-corrected chi connectivity index (χ4v) is 2.26. The molecule has 0 unspecified atom stereocenters. The maximum Gasteiger partial charge on any atom is 0.123 e. The average molecular weight is 269 g/mol. The van der Waals surface area contributed by atoms with Crippen molar-refractivity contribution in [1.82, 2.24) is 14.8 Å². The number of aromatic nitrogens is 1. The van der Waals surface area contributed by atoms with E-state index in [1.54, 1.807) is 6.07 Å². The highest BCUT2D eigenvalue weighted by Crippen LogP contribution is 2.18. The minimum Gasteiger partial charge on any atom is -0.362 e. The Kier molecular flexibility index (Phi) is 3.37. The fourth-order valence-electron chi connectivity index (χ4n) is 2.26. The summed E-state index contributed by atoms with van der Waals surface area (Å²) in [5, 5.41) is 0. The third kappa shape index (κ3) is 2.79. The highest BCUT2D eigenvalue weighted by atomic mass is 19.1. The lowest BCUT2D eigenvalue weighted by molar-refractivity contribution is 0.290. The van der Waals surface area contributed by atoms with Crippen LogP contribution in [0, 0.1) is 5.82 Å². The van der Waals surface area contributed by atoms with E-state index in [4.69, 9.17) is 0 Å². The molecule has 0 saturated heterocycles. The highest BCUT2D eigenvalue weighted by molar-refractivity contribution is 5.58. The standard InChI is InChI=1S/C16H16FN3/c1-19-7-8-20(12-19)11-13-5-6-16(18-10-13)14-3-2-4-15(17)9-14/h2-10H,11-12H2,1H3. The first-order valence-electron chi connectivity index (χ1n) is 6.54. The first-order valence-corrected chi connectivity index (χ1v) is 6.54. The van der Waals surface area contributed by atoms with E-state index in [1.165, 1.54) is 12.1 Å². The summed E-state index contributed by atoms with van der Waals surface area (Å²) >= 11 is 0. The minimum absolute atomic E-state index is 0.237. The van der Waals surface area contributed by atoms with Gasteiger partial charge in [0.2, 0.25) is 0 Å². The van der Waals surface area contributed by atoms with Gasteiger partial charge in [-0.25, -0.2) is 4.39 Å². The zero-order valence-electron chi connectivity index (χ0n) is 11.3. The van der Waals surface area contributed by atoms with Gasteiger partial charge in [0.25, 0.3) is 0 Å². The van der Waals surface area contributed by atoms with Crippen molar-refractivity contribution in [2.75, 3.05) is 13.7 Å². The molecule has 0 radical (unpaired) electrons. The van der Waals surface area contributed by atoms with Gasteiger partial charge < -0.3 is 9.80 Å². The third-order valence-electron chi connectivity index (χ3n) is 3.27. The topological polar surface area (TPSA) is 19.4 Å². The number of hydrogen-bond acceptors (Lipinski definition) is 3. The summed E-state index contributed by atoms with van der Waals surface area (Å²) in [7, 11) is 2.04. The van der Waals surface area contributed by atoms with Crippen LogP contribution in [0.5, 0.6) is 0 Å². The maximum absolute atomic E-state index is 13.2. The molecule has 0 bridgehead atoms. The van der Waals surface area contributed by atoms with Crippen LogP contribution in [0.2, 0.25) is 0 Å². The Morgan fingerprint density at radius 1 is 1.20 bits per heavy atom. The van der Waals surface area contributed by atoms with Crippen molar-refractivity contribution in [2.24, 2.45) is 0 Å². The van der Waals surface area contributed by atoms with Crippen molar-refractivity contribution in [1.29, 1.82) is 0 Å². The molecule has 0 aliphatic carbocycles. The van der Waals surface area contributed by atoms with Crippen molar-refractivity contribution < 1.29 is 4.39 Å². The zero-order valence-corrected chi connectivity index (χ0v) is 11.3. The smallest absolute Gasteiger partial charge is 0.123 e. The van der Waals surface area contributed by atoms with Gasteiger partial charge in [0, 0.05) is 37.8 Å². The molecule has 1 aromatic carbocycles. The van der Waals surface area contributed by atoms with E-state index >= 15 is 0 Å². The Labute approximate surface area is 118 Å². The second-order valence-electron chi connectivity index (χ2n) is 5.01. The molecular formula is C16H16FN3. The molecule has 0 saturated carbocycles. The first-order chi connectivity index (χ1) is 9.70. The molecule has 0 atom stereocenters. The van der Waals surface area contributed by atoms with Crippen LogP contribution in [0.3, 0.4) is 0 Å². The number of halogens is 1. The normalized spacial score (nSPS) is 14.1. The van der Waals surface area contributed by atoms with Gasteiger partial charge in [0.15, 0.2) is 0 Å². The van der Waals surface area contributed by atoms with E-state index < -0.39 is 0 Å². The number of nitrogens with zero attached hydrogens (tertiary/aromatic N) is 3. The Bertz CT molecular complexity index is 622. The zero-order chi connectivity index (χ0) is 13.9. The first kappa shape index (κ1) is 12.7. The lowest BCUT2D eigenvalue weighted by Crippen LogP contribution is -2.21. The molecule has 0 amide bonds. The molecule has 3 nitrogen and oxygen atoms in total. The Balaban J connectivity index is 1.73. The van der Waals surface area contributed by atoms with Crippen LogP contribution in [0.25, 0.3) is 11.3 Å². The van der Waals surface area contributed by atoms with Crippen LogP contribution in [0.1, 0.15) is 5.56 Å². The summed E-state index contributed by atoms with van der Waals surface area (Å²) in [6.45, 7) is 1.73. The lowest BCUT2D eigenvalue weighted by atomic mass is 10.1. The molecule has 4 heteroatoms. The molecule has 3 rings (SSSR count). The molecule has 0 fully saturated rings. The van der Waals surface area contributed by atoms with Gasteiger partial charge in [-0.05, 0) is 23.8 Å². The molecule has 1 aliphatic rings. The van der Waals surface area contributed by atoms with Crippen LogP contribution in [0.4, 0.5) is 4.39 Å². The van der Waals surface area contributed by atoms with Crippen molar-refractivity contribution in [3.05, 3.63) is 66.4 Å². The third-order valence-corrected chi connectivity index (χ3v) is 3.27. The number of pyridine rings is 1. The van der Waals surface area contributed by atoms with Gasteiger partial charge in [0.05, 0.1) is 12.4 Å². The van der Waals surface area contributed by atoms with E-state index in [1.807, 2.05) is 31.4 Å². The maximum atomic E-state index is 13.2. The molecule has 0 N–H and O–H groups in total. The van der Waals surface area contributed by atoms with Crippen LogP contribution in [0.15, 0.2) is 55.0 Å². The van der Waals surface area contributed by atoms with E-state index in [0.29, 0.717) is 0 Å². The van der Waals surface area contributed by atoms with Gasteiger partial charge in [-0.3, -0.25) is 4.98 Å². The Morgan fingerprint density at radius 2 is 2.10 bits per heavy atom. The van der Waals surface area contributed by atoms with Crippen molar-refractivity contribution in [3.63, 3.8) is 0 Å². The molecular weight excluding hydrogens is 253 g/mol. The fraction of sp³-hybridized carbons (Fsp3) is 0.188. The molecule has 2 heterocycles. The summed E-state index contributed by atoms with van der Waals surface area (Å²) in [6, 6.07) is 10.5. The van der Waals surface area contributed by atoms with E-state index in [0.717, 1.165) is 30.0 Å². The summed E-state index contributed by atoms with van der Waals surface area (Å²) in [5.41, 5.74) is 2.74. The van der Waals surface area contributed by atoms with Gasteiger partial charge >= 0.3 is 0 Å². The SMILES string of the molecule is CN1C=CN(Cc2ccc(-c3cccc(F)c3)nc2)C1. The minimum atomic E-state index is -0.237. The quantitative estimate of drug-likeness (QED) is 0.853. The molecule has 0 spiro atoms. The van der Waals surface area contributed by atoms with E-state index in [-0.39, 0.29) is 5.82 Å². The average Bonchev–Trinajstić information content (AvgIpc) is 2.85. The Hall–Kier alpha value is -2.36. The van der Waals surface area contributed by atoms with Gasteiger partial charge in [-0.1, -0.05) is 18.2 Å². The van der Waals surface area contributed by atoms with Gasteiger partial charge in [-0.15, -0.1) is 0 Å². The van der Waals surface area contributed by atoms with Crippen molar-refractivity contribution in [2.45, 2.75) is 6.54 Å². The largest absolute Gasteiger partial charge is 0.362 e. The van der Waals surface area contributed by atoms with E-state index in [9.17, 15) is 4.39 Å².